The van der Waals surface area contributed by atoms with E-state index in [4.69, 9.17) is 23.7 Å². The summed E-state index contributed by atoms with van der Waals surface area (Å²) in [7, 11) is -0.845. The maximum absolute atomic E-state index is 12.6. The smallest absolute Gasteiger partial charge is 0.310 e. The van der Waals surface area contributed by atoms with Crippen LogP contribution in [-0.2, 0) is 16.6 Å². The van der Waals surface area contributed by atoms with E-state index in [1.807, 2.05) is 12.1 Å². The zero-order valence-corrected chi connectivity index (χ0v) is 16.8. The normalized spacial score (nSPS) is 19.2. The summed E-state index contributed by atoms with van der Waals surface area (Å²) >= 11 is 4.80. The van der Waals surface area contributed by atoms with Crippen LogP contribution in [0, 0.1) is 5.92 Å². The number of aromatic nitrogens is 2. The molecule has 1 atom stereocenters. The van der Waals surface area contributed by atoms with Crippen LogP contribution in [0.5, 0.6) is 0 Å². The van der Waals surface area contributed by atoms with Crippen LogP contribution >= 0.6 is 12.2 Å². The van der Waals surface area contributed by atoms with Crippen LogP contribution in [0.25, 0.3) is 11.0 Å². The molecule has 0 bridgehead atoms. The molecule has 1 aliphatic rings. The second-order valence-electron chi connectivity index (χ2n) is 6.72. The molecule has 27 heavy (non-hydrogen) atoms. The summed E-state index contributed by atoms with van der Waals surface area (Å²) in [5, 5.41) is 4.45. The fraction of sp³-hybridized carbons (Fsp3) is 0.438. The van der Waals surface area contributed by atoms with Crippen LogP contribution in [0.4, 0.5) is 5.95 Å². The molecule has 0 amide bonds. The molecule has 0 saturated heterocycles. The summed E-state index contributed by atoms with van der Waals surface area (Å²) in [4.78, 5) is 4.17. The Labute approximate surface area is 163 Å². The average Bonchev–Trinajstić information content (AvgIpc) is 3.15. The van der Waals surface area contributed by atoms with Gasteiger partial charge >= 0.3 is 10.2 Å². The topological polar surface area (TPSA) is 132 Å². The van der Waals surface area contributed by atoms with E-state index in [2.05, 4.69) is 15.5 Å². The minimum atomic E-state index is -3.76. The van der Waals surface area contributed by atoms with Gasteiger partial charge in [-0.2, -0.15) is 21.8 Å². The highest BCUT2D eigenvalue weighted by molar-refractivity contribution is 7.87. The number of nitrogens with one attached hydrogen (secondary N) is 1. The summed E-state index contributed by atoms with van der Waals surface area (Å²) in [5.41, 5.74) is 17.0. The molecule has 1 aromatic heterocycles. The second-order valence-corrected chi connectivity index (χ2v) is 9.15. The van der Waals surface area contributed by atoms with Crippen molar-refractivity contribution in [1.82, 2.24) is 18.7 Å². The fourth-order valence-electron chi connectivity index (χ4n) is 3.33. The number of hydrogen-bond donors (Lipinski definition) is 3. The zero-order chi connectivity index (χ0) is 19.8. The molecule has 0 aliphatic heterocycles. The predicted octanol–water partition coefficient (Wildman–Crippen LogP) is 0.805. The third-order valence-corrected chi connectivity index (χ3v) is 6.50. The van der Waals surface area contributed by atoms with Crippen molar-refractivity contribution >= 4 is 50.2 Å². The van der Waals surface area contributed by atoms with Crippen molar-refractivity contribution in [3.63, 3.8) is 0 Å². The number of fused-ring (bicyclic) bond motifs is 1. The van der Waals surface area contributed by atoms with Crippen molar-refractivity contribution in [3.8, 4) is 0 Å². The third-order valence-electron chi connectivity index (χ3n) is 4.64. The minimum Gasteiger partial charge on any atom is -0.375 e. The van der Waals surface area contributed by atoms with Crippen LogP contribution in [0.3, 0.4) is 0 Å². The van der Waals surface area contributed by atoms with Gasteiger partial charge in [-0.15, -0.1) is 0 Å². The van der Waals surface area contributed by atoms with Crippen LogP contribution < -0.4 is 16.9 Å². The molecule has 1 aliphatic carbocycles. The number of hydrazone groups is 1. The van der Waals surface area contributed by atoms with Crippen LogP contribution in [0.15, 0.2) is 23.3 Å². The van der Waals surface area contributed by atoms with Gasteiger partial charge in [-0.05, 0) is 55.6 Å². The highest BCUT2D eigenvalue weighted by atomic mass is 32.2. The van der Waals surface area contributed by atoms with Gasteiger partial charge in [-0.25, -0.2) is 4.98 Å². The van der Waals surface area contributed by atoms with E-state index in [1.54, 1.807) is 6.07 Å². The van der Waals surface area contributed by atoms with E-state index in [0.29, 0.717) is 11.0 Å². The first-order valence-electron chi connectivity index (χ1n) is 8.52. The minimum absolute atomic E-state index is 0.0559. The molecule has 2 aromatic rings. The van der Waals surface area contributed by atoms with E-state index < -0.39 is 10.2 Å². The standard InChI is InChI=1S/C16H23N7O2S2/c1-22(2)27(24,25)23-14-9-10(6-7-13(14)19-15(23)17)8-11-4-3-5-12(11)20-21-16(18)26/h6-7,9,11H,3-5,8H2,1-2H3,(H2,17,19)(H3,18,21,26). The number of nitrogens with zero attached hydrogens (tertiary/aromatic N) is 4. The average molecular weight is 410 g/mol. The number of nitrogen functional groups attached to an aromatic ring is 1. The van der Waals surface area contributed by atoms with Gasteiger partial charge in [0, 0.05) is 25.7 Å². The SMILES string of the molecule is CN(C)S(=O)(=O)n1c(N)nc2ccc(CC3CCCC3=NNC(N)=S)cc21. The number of anilines is 1. The summed E-state index contributed by atoms with van der Waals surface area (Å²) in [6.45, 7) is 0. The second kappa shape index (κ2) is 7.41. The Morgan fingerprint density at radius 3 is 2.89 bits per heavy atom. The highest BCUT2D eigenvalue weighted by Crippen LogP contribution is 2.28. The van der Waals surface area contributed by atoms with Gasteiger partial charge in [0.1, 0.15) is 0 Å². The Hall–Kier alpha value is -2.24. The number of benzene rings is 1. The van der Waals surface area contributed by atoms with E-state index in [1.165, 1.54) is 14.1 Å². The first-order chi connectivity index (χ1) is 12.7. The van der Waals surface area contributed by atoms with Gasteiger partial charge in [0.2, 0.25) is 5.95 Å². The zero-order valence-electron chi connectivity index (χ0n) is 15.2. The molecule has 1 unspecified atom stereocenters. The summed E-state index contributed by atoms with van der Waals surface area (Å²) < 4.78 is 27.4. The maximum atomic E-state index is 12.6. The Balaban J connectivity index is 1.95. The van der Waals surface area contributed by atoms with E-state index in [9.17, 15) is 8.42 Å². The van der Waals surface area contributed by atoms with Crippen molar-refractivity contribution in [2.75, 3.05) is 19.8 Å². The third kappa shape index (κ3) is 3.89. The molecule has 1 saturated carbocycles. The molecule has 3 rings (SSSR count). The van der Waals surface area contributed by atoms with Gasteiger partial charge in [0.05, 0.1) is 11.0 Å². The molecule has 1 heterocycles. The van der Waals surface area contributed by atoms with E-state index >= 15 is 0 Å². The molecular weight excluding hydrogens is 386 g/mol. The van der Waals surface area contributed by atoms with Crippen molar-refractivity contribution in [1.29, 1.82) is 0 Å². The monoisotopic (exact) mass is 409 g/mol. The quantitative estimate of drug-likeness (QED) is 0.492. The molecule has 9 nitrogen and oxygen atoms in total. The lowest BCUT2D eigenvalue weighted by molar-refractivity contribution is 0.513. The first kappa shape index (κ1) is 19.5. The molecule has 1 fully saturated rings. The number of nitrogens with two attached hydrogens (primary N) is 2. The van der Waals surface area contributed by atoms with Crippen LogP contribution in [-0.4, -0.2) is 46.6 Å². The van der Waals surface area contributed by atoms with Gasteiger partial charge in [-0.3, -0.25) is 5.43 Å². The number of thiocarbonyl (C=S) groups is 1. The van der Waals surface area contributed by atoms with Crippen molar-refractivity contribution in [3.05, 3.63) is 23.8 Å². The summed E-state index contributed by atoms with van der Waals surface area (Å²) in [6, 6.07) is 5.57. The Kier molecular flexibility index (Phi) is 5.36. The maximum Gasteiger partial charge on any atom is 0.310 e. The van der Waals surface area contributed by atoms with Crippen molar-refractivity contribution in [2.24, 2.45) is 16.8 Å². The summed E-state index contributed by atoms with van der Waals surface area (Å²) in [5.74, 6) is 0.197. The number of rotatable bonds is 5. The molecule has 11 heteroatoms. The van der Waals surface area contributed by atoms with Crippen LogP contribution in [0.1, 0.15) is 24.8 Å². The lowest BCUT2D eigenvalue weighted by atomic mass is 9.96. The number of imidazole rings is 1. The fourth-order valence-corrected chi connectivity index (χ4v) is 4.37. The Bertz CT molecular complexity index is 1010. The molecule has 146 valence electrons. The van der Waals surface area contributed by atoms with Gasteiger partial charge < -0.3 is 11.5 Å². The van der Waals surface area contributed by atoms with E-state index in [-0.39, 0.29) is 17.0 Å². The largest absolute Gasteiger partial charge is 0.375 e. The van der Waals surface area contributed by atoms with Crippen molar-refractivity contribution in [2.45, 2.75) is 25.7 Å². The Morgan fingerprint density at radius 1 is 1.48 bits per heavy atom. The predicted molar refractivity (Wildman–Crippen MR) is 111 cm³/mol. The molecule has 0 radical (unpaired) electrons. The highest BCUT2D eigenvalue weighted by Gasteiger charge is 2.25. The molecular formula is C16H23N7O2S2. The van der Waals surface area contributed by atoms with Gasteiger partial charge in [0.15, 0.2) is 5.11 Å². The lowest BCUT2D eigenvalue weighted by Crippen LogP contribution is -2.29. The van der Waals surface area contributed by atoms with Gasteiger partial charge in [-0.1, -0.05) is 6.07 Å². The van der Waals surface area contributed by atoms with Crippen molar-refractivity contribution < 1.29 is 8.42 Å². The van der Waals surface area contributed by atoms with Crippen LogP contribution in [0.2, 0.25) is 0 Å². The Morgan fingerprint density at radius 2 is 2.22 bits per heavy atom. The molecule has 1 aromatic carbocycles. The molecule has 0 spiro atoms. The number of hydrogen-bond acceptors (Lipinski definition) is 6. The summed E-state index contributed by atoms with van der Waals surface area (Å²) in [6.07, 6.45) is 3.68. The molecule has 5 N–H and O–H groups in total. The van der Waals surface area contributed by atoms with E-state index in [0.717, 1.165) is 45.2 Å². The first-order valence-corrected chi connectivity index (χ1v) is 10.3. The van der Waals surface area contributed by atoms with Gasteiger partial charge in [0.25, 0.3) is 0 Å². The lowest BCUT2D eigenvalue weighted by Gasteiger charge is -2.15.